The van der Waals surface area contributed by atoms with Gasteiger partial charge in [0.2, 0.25) is 0 Å². The number of hydrogen-bond donors (Lipinski definition) is 18. The molecular formula is C40H66O33. The van der Waals surface area contributed by atoms with Gasteiger partial charge in [0.15, 0.2) is 50.3 Å². The minimum atomic E-state index is -1.90. The largest absolute Gasteiger partial charge is 0.394 e. The fourth-order valence-electron chi connectivity index (χ4n) is 9.16. The van der Waals surface area contributed by atoms with Crippen molar-refractivity contribution >= 4 is 0 Å². The van der Waals surface area contributed by atoms with Crippen LogP contribution in [0.5, 0.6) is 0 Å². The van der Waals surface area contributed by atoms with Gasteiger partial charge in [0.25, 0.3) is 0 Å². The average molecular weight is 1070 g/mol. The molecule has 0 spiro atoms. The van der Waals surface area contributed by atoms with Crippen LogP contribution in [0.1, 0.15) is 0 Å². The van der Waals surface area contributed by atoms with E-state index in [9.17, 15) is 91.9 Å². The van der Waals surface area contributed by atoms with Crippen molar-refractivity contribution in [3.8, 4) is 0 Å². The van der Waals surface area contributed by atoms with Crippen LogP contribution < -0.4 is 0 Å². The molecule has 8 unspecified atom stereocenters. The lowest BCUT2D eigenvalue weighted by molar-refractivity contribution is -0.368. The molecule has 0 aromatic heterocycles. The van der Waals surface area contributed by atoms with E-state index in [2.05, 4.69) is 0 Å². The Morgan fingerprint density at radius 3 is 0.863 bits per heavy atom. The van der Waals surface area contributed by atoms with Gasteiger partial charge in [0.1, 0.15) is 146 Å². The second-order valence-corrected chi connectivity index (χ2v) is 18.7. The maximum Gasteiger partial charge on any atom is 0.187 e. The zero-order chi connectivity index (χ0) is 52.7. The van der Waals surface area contributed by atoms with E-state index in [1.807, 2.05) is 0 Å². The van der Waals surface area contributed by atoms with Crippen molar-refractivity contribution in [2.24, 2.45) is 0 Å². The number of ether oxygens (including phenoxy) is 15. The third-order valence-corrected chi connectivity index (χ3v) is 13.7. The van der Waals surface area contributed by atoms with E-state index in [0.29, 0.717) is 0 Å². The van der Waals surface area contributed by atoms with Crippen molar-refractivity contribution in [3.63, 3.8) is 0 Å². The standard InChI is InChI=1S/C40H66O33/c41-1-10-17(43)30(56)40(66-10)73-32-9(42)2-60-39(31(32)57)72-16-8-65-38(29(55)23(16)49)71-15-7-64-37(28(54)22(15)48)70-14-6-63-36(27(53)21(14)47)69-13-5-62-35(26(52)20(13)46)68-12-4-61-34(25(51)19(12)45)67-11-3-59-33(58)24(50)18(11)44/h9-58H,1-8H2/t9-,10+,11-,12-,13-,14-,15-,16-,17-,18+,19+,20+,21+,22+,23+,24?,25?,26?,27?,28?,29?,30?,31?,32+,33-,34+,35-,36-,37-,38-,39+,40+/m1/s1. The number of aliphatic hydroxyl groups is 18. The van der Waals surface area contributed by atoms with Gasteiger partial charge in [0, 0.05) is 0 Å². The first-order valence-electron chi connectivity index (χ1n) is 23.4. The number of rotatable bonds is 15. The zero-order valence-corrected chi connectivity index (χ0v) is 38.3. The van der Waals surface area contributed by atoms with Crippen LogP contribution in [0.2, 0.25) is 0 Å². The minimum absolute atomic E-state index is 0.386. The summed E-state index contributed by atoms with van der Waals surface area (Å²) in [6.07, 6.45) is -52.1. The molecule has 8 aliphatic heterocycles. The van der Waals surface area contributed by atoms with Crippen molar-refractivity contribution in [3.05, 3.63) is 0 Å². The molecular weight excluding hydrogens is 1010 g/mol. The predicted molar refractivity (Wildman–Crippen MR) is 216 cm³/mol. The Labute approximate surface area is 412 Å². The lowest BCUT2D eigenvalue weighted by Crippen LogP contribution is -2.63. The third-order valence-electron chi connectivity index (χ3n) is 13.7. The Bertz CT molecular complexity index is 1710. The molecule has 0 saturated carbocycles. The quantitative estimate of drug-likeness (QED) is 0.0724. The third kappa shape index (κ3) is 12.4. The van der Waals surface area contributed by atoms with Crippen LogP contribution >= 0.6 is 0 Å². The molecule has 8 rings (SSSR count). The molecule has 33 nitrogen and oxygen atoms in total. The van der Waals surface area contributed by atoms with Crippen molar-refractivity contribution in [1.82, 2.24) is 0 Å². The molecule has 0 aromatic carbocycles. The van der Waals surface area contributed by atoms with Crippen molar-refractivity contribution < 1.29 is 163 Å². The first kappa shape index (κ1) is 57.8. The molecule has 8 heterocycles. The van der Waals surface area contributed by atoms with Gasteiger partial charge in [-0.1, -0.05) is 0 Å². The molecule has 8 fully saturated rings. The highest BCUT2D eigenvalue weighted by Gasteiger charge is 2.54. The first-order valence-corrected chi connectivity index (χ1v) is 23.4. The minimum Gasteiger partial charge on any atom is -0.394 e. The summed E-state index contributed by atoms with van der Waals surface area (Å²) in [6, 6.07) is 0. The summed E-state index contributed by atoms with van der Waals surface area (Å²) in [6.45, 7) is -4.06. The Hall–Kier alpha value is -1.32. The Balaban J connectivity index is 0.749. The highest BCUT2D eigenvalue weighted by atomic mass is 16.8. The van der Waals surface area contributed by atoms with Gasteiger partial charge in [-0.05, 0) is 0 Å². The molecule has 424 valence electrons. The van der Waals surface area contributed by atoms with Gasteiger partial charge >= 0.3 is 0 Å². The molecule has 0 aromatic rings. The summed E-state index contributed by atoms with van der Waals surface area (Å²) in [7, 11) is 0. The summed E-state index contributed by atoms with van der Waals surface area (Å²) in [5.41, 5.74) is 0. The van der Waals surface area contributed by atoms with Crippen LogP contribution in [0.15, 0.2) is 0 Å². The summed E-state index contributed by atoms with van der Waals surface area (Å²) in [5, 5.41) is 189. The van der Waals surface area contributed by atoms with Crippen LogP contribution in [-0.4, -0.2) is 342 Å². The molecule has 18 N–H and O–H groups in total. The van der Waals surface area contributed by atoms with E-state index in [0.717, 1.165) is 0 Å². The van der Waals surface area contributed by atoms with Crippen LogP contribution in [0.3, 0.4) is 0 Å². The Morgan fingerprint density at radius 2 is 0.548 bits per heavy atom. The van der Waals surface area contributed by atoms with E-state index in [-0.39, 0.29) is 6.61 Å². The molecule has 0 bridgehead atoms. The second kappa shape index (κ2) is 24.8. The molecule has 8 aliphatic rings. The van der Waals surface area contributed by atoms with Crippen molar-refractivity contribution in [2.75, 3.05) is 52.9 Å². The summed E-state index contributed by atoms with van der Waals surface area (Å²) in [5.74, 6) is 0. The van der Waals surface area contributed by atoms with Crippen LogP contribution in [0, 0.1) is 0 Å². The van der Waals surface area contributed by atoms with Crippen molar-refractivity contribution in [1.29, 1.82) is 0 Å². The van der Waals surface area contributed by atoms with Crippen LogP contribution in [0.4, 0.5) is 0 Å². The Morgan fingerprint density at radius 1 is 0.274 bits per heavy atom. The molecule has 8 saturated heterocycles. The fraction of sp³-hybridized carbons (Fsp3) is 1.00. The SMILES string of the molecule is OC[C@@H]1O[C@@H](O[C@@H]2C(O)[C@H](O[C@@H]3CO[C@H](O[C@@H]4CO[C@H](O[C@@H]5CO[C@H](O[C@@H]6CO[C@H](O[C@@H]7CO[C@@H](O[C@@H]8CO[C@@H](O)C(O)[C@H]8O)C(O)[C@H]7O)C(O)[C@H]6O)C(O)[C@H]5O)C(O)[C@H]4O)C(O)[C@H]3O)OC[C@H]2O)C(O)[C@@H]1O. The maximum atomic E-state index is 11.0. The van der Waals surface area contributed by atoms with Gasteiger partial charge in [-0.2, -0.15) is 0 Å². The van der Waals surface area contributed by atoms with E-state index in [4.69, 9.17) is 71.1 Å². The normalized spacial score (nSPS) is 54.3. The van der Waals surface area contributed by atoms with Gasteiger partial charge < -0.3 is 163 Å². The van der Waals surface area contributed by atoms with E-state index in [1.54, 1.807) is 0 Å². The smallest absolute Gasteiger partial charge is 0.187 e. The van der Waals surface area contributed by atoms with E-state index < -0.39 is 243 Å². The first-order chi connectivity index (χ1) is 34.7. The van der Waals surface area contributed by atoms with Gasteiger partial charge in [0.05, 0.1) is 52.9 Å². The lowest BCUT2D eigenvalue weighted by Gasteiger charge is -2.45. The van der Waals surface area contributed by atoms with Crippen LogP contribution in [-0.2, 0) is 71.1 Å². The molecule has 0 aliphatic carbocycles. The van der Waals surface area contributed by atoms with Crippen LogP contribution in [0.25, 0.3) is 0 Å². The highest BCUT2D eigenvalue weighted by molar-refractivity contribution is 4.95. The molecule has 73 heavy (non-hydrogen) atoms. The molecule has 33 heteroatoms. The van der Waals surface area contributed by atoms with E-state index >= 15 is 0 Å². The van der Waals surface area contributed by atoms with E-state index in [1.165, 1.54) is 0 Å². The molecule has 0 amide bonds. The number of hydrogen-bond acceptors (Lipinski definition) is 33. The van der Waals surface area contributed by atoms with Gasteiger partial charge in [-0.3, -0.25) is 0 Å². The van der Waals surface area contributed by atoms with Gasteiger partial charge in [-0.25, -0.2) is 0 Å². The Kier molecular flexibility index (Phi) is 19.6. The number of aliphatic hydroxyl groups excluding tert-OH is 18. The molecule has 32 atom stereocenters. The second-order valence-electron chi connectivity index (χ2n) is 18.7. The fourth-order valence-corrected chi connectivity index (χ4v) is 9.16. The highest BCUT2D eigenvalue weighted by Crippen LogP contribution is 2.33. The summed E-state index contributed by atoms with van der Waals surface area (Å²) >= 11 is 0. The average Bonchev–Trinajstić information content (AvgIpc) is 3.64. The topological polar surface area (TPSA) is 503 Å². The zero-order valence-electron chi connectivity index (χ0n) is 38.3. The van der Waals surface area contributed by atoms with Crippen molar-refractivity contribution in [2.45, 2.75) is 197 Å². The predicted octanol–water partition coefficient (Wildman–Crippen LogP) is -13.3. The monoisotopic (exact) mass is 1070 g/mol. The summed E-state index contributed by atoms with van der Waals surface area (Å²) in [4.78, 5) is 0. The summed E-state index contributed by atoms with van der Waals surface area (Å²) < 4.78 is 82.1. The molecule has 0 radical (unpaired) electrons. The lowest BCUT2D eigenvalue weighted by atomic mass is 10.0. The maximum absolute atomic E-state index is 11.0. The van der Waals surface area contributed by atoms with Gasteiger partial charge in [-0.15, -0.1) is 0 Å².